The SMILES string of the molecule is O=C(CN(CCCl)CCCl)N1CCN(c2ccccc2F)CC1. The lowest BCUT2D eigenvalue weighted by molar-refractivity contribution is -0.132. The molecule has 4 nitrogen and oxygen atoms in total. The van der Waals surface area contributed by atoms with Crippen LogP contribution < -0.4 is 4.90 Å². The second-order valence-electron chi connectivity index (χ2n) is 5.47. The largest absolute Gasteiger partial charge is 0.366 e. The summed E-state index contributed by atoms with van der Waals surface area (Å²) in [6.07, 6.45) is 0. The average molecular weight is 362 g/mol. The van der Waals surface area contributed by atoms with Crippen molar-refractivity contribution >= 4 is 34.8 Å². The van der Waals surface area contributed by atoms with Gasteiger partial charge in [0.15, 0.2) is 0 Å². The van der Waals surface area contributed by atoms with Crippen LogP contribution in [0.15, 0.2) is 24.3 Å². The van der Waals surface area contributed by atoms with E-state index in [0.29, 0.717) is 63.3 Å². The zero-order chi connectivity index (χ0) is 16.7. The van der Waals surface area contributed by atoms with Crippen LogP contribution in [-0.2, 0) is 4.79 Å². The van der Waals surface area contributed by atoms with Crippen LogP contribution in [-0.4, -0.2) is 73.3 Å². The molecule has 1 aromatic carbocycles. The summed E-state index contributed by atoms with van der Waals surface area (Å²) in [6, 6.07) is 6.74. The lowest BCUT2D eigenvalue weighted by Crippen LogP contribution is -2.51. The second-order valence-corrected chi connectivity index (χ2v) is 6.23. The van der Waals surface area contributed by atoms with Crippen LogP contribution in [0.5, 0.6) is 0 Å². The number of rotatable bonds is 7. The first-order valence-electron chi connectivity index (χ1n) is 7.77. The van der Waals surface area contributed by atoms with Crippen LogP contribution in [0.2, 0.25) is 0 Å². The molecule has 0 spiro atoms. The molecule has 2 rings (SSSR count). The molecular weight excluding hydrogens is 340 g/mol. The Morgan fingerprint density at radius 2 is 1.70 bits per heavy atom. The number of carbonyl (C=O) groups excluding carboxylic acids is 1. The van der Waals surface area contributed by atoms with Crippen molar-refractivity contribution in [2.45, 2.75) is 0 Å². The minimum atomic E-state index is -0.220. The monoisotopic (exact) mass is 361 g/mol. The van der Waals surface area contributed by atoms with Crippen molar-refractivity contribution in [1.82, 2.24) is 9.80 Å². The molecule has 128 valence electrons. The standard InChI is InChI=1S/C16H22Cl2FN3O/c17-5-7-20(8-6-18)13-16(23)22-11-9-21(10-12-22)15-4-2-1-3-14(15)19/h1-4H,5-13H2. The topological polar surface area (TPSA) is 26.8 Å². The lowest BCUT2D eigenvalue weighted by atomic mass is 10.2. The number of amides is 1. The van der Waals surface area contributed by atoms with Crippen molar-refractivity contribution in [3.05, 3.63) is 30.1 Å². The summed E-state index contributed by atoms with van der Waals surface area (Å²) in [7, 11) is 0. The fraction of sp³-hybridized carbons (Fsp3) is 0.562. The first kappa shape index (κ1) is 18.3. The summed E-state index contributed by atoms with van der Waals surface area (Å²) in [5.74, 6) is 0.812. The summed E-state index contributed by atoms with van der Waals surface area (Å²) < 4.78 is 13.8. The summed E-state index contributed by atoms with van der Waals surface area (Å²) in [5.41, 5.74) is 0.602. The maximum atomic E-state index is 13.8. The van der Waals surface area contributed by atoms with Gasteiger partial charge in [0.25, 0.3) is 0 Å². The Labute approximate surface area is 146 Å². The van der Waals surface area contributed by atoms with Crippen molar-refractivity contribution < 1.29 is 9.18 Å². The van der Waals surface area contributed by atoms with Crippen molar-refractivity contribution in [1.29, 1.82) is 0 Å². The smallest absolute Gasteiger partial charge is 0.236 e. The van der Waals surface area contributed by atoms with Gasteiger partial charge in [-0.15, -0.1) is 23.2 Å². The van der Waals surface area contributed by atoms with Gasteiger partial charge >= 0.3 is 0 Å². The highest BCUT2D eigenvalue weighted by molar-refractivity contribution is 6.18. The van der Waals surface area contributed by atoms with Gasteiger partial charge in [-0.25, -0.2) is 4.39 Å². The van der Waals surface area contributed by atoms with Gasteiger partial charge in [0.05, 0.1) is 12.2 Å². The van der Waals surface area contributed by atoms with Crippen LogP contribution in [0.1, 0.15) is 0 Å². The van der Waals surface area contributed by atoms with Crippen LogP contribution in [0.4, 0.5) is 10.1 Å². The van der Waals surface area contributed by atoms with Gasteiger partial charge in [0.2, 0.25) is 5.91 Å². The minimum Gasteiger partial charge on any atom is -0.366 e. The van der Waals surface area contributed by atoms with E-state index in [1.165, 1.54) is 6.07 Å². The van der Waals surface area contributed by atoms with E-state index in [1.807, 2.05) is 20.8 Å². The fourth-order valence-electron chi connectivity index (χ4n) is 2.71. The third-order valence-electron chi connectivity index (χ3n) is 3.99. The summed E-state index contributed by atoms with van der Waals surface area (Å²) >= 11 is 11.5. The number of anilines is 1. The Morgan fingerprint density at radius 3 is 2.26 bits per heavy atom. The van der Waals surface area contributed by atoms with Crippen molar-refractivity contribution in [3.63, 3.8) is 0 Å². The van der Waals surface area contributed by atoms with Crippen LogP contribution in [0.3, 0.4) is 0 Å². The van der Waals surface area contributed by atoms with Gasteiger partial charge in [0.1, 0.15) is 5.82 Å². The molecule has 1 amide bonds. The molecule has 0 saturated carbocycles. The third-order valence-corrected chi connectivity index (χ3v) is 4.32. The Bertz CT molecular complexity index is 504. The van der Waals surface area contributed by atoms with E-state index in [1.54, 1.807) is 12.1 Å². The Balaban J connectivity index is 1.86. The predicted octanol–water partition coefficient (Wildman–Crippen LogP) is 2.25. The first-order valence-corrected chi connectivity index (χ1v) is 8.84. The first-order chi connectivity index (χ1) is 11.2. The van der Waals surface area contributed by atoms with Gasteiger partial charge in [-0.2, -0.15) is 0 Å². The molecule has 0 atom stereocenters. The number of halogens is 3. The van der Waals surface area contributed by atoms with Gasteiger partial charge in [-0.05, 0) is 12.1 Å². The summed E-state index contributed by atoms with van der Waals surface area (Å²) in [6.45, 7) is 4.10. The number of piperazine rings is 1. The van der Waals surface area contributed by atoms with E-state index in [9.17, 15) is 9.18 Å². The lowest BCUT2D eigenvalue weighted by Gasteiger charge is -2.37. The maximum absolute atomic E-state index is 13.8. The summed E-state index contributed by atoms with van der Waals surface area (Å²) in [4.78, 5) is 18.1. The molecule has 0 radical (unpaired) electrons. The summed E-state index contributed by atoms with van der Waals surface area (Å²) in [5, 5.41) is 0. The predicted molar refractivity (Wildman–Crippen MR) is 93.1 cm³/mol. The molecule has 1 fully saturated rings. The molecule has 1 heterocycles. The van der Waals surface area contributed by atoms with Crippen LogP contribution >= 0.6 is 23.2 Å². The normalized spacial score (nSPS) is 15.3. The van der Waals surface area contributed by atoms with E-state index in [2.05, 4.69) is 0 Å². The van der Waals surface area contributed by atoms with Gasteiger partial charge in [-0.1, -0.05) is 12.1 Å². The molecule has 1 aliphatic rings. The van der Waals surface area contributed by atoms with Crippen molar-refractivity contribution in [3.8, 4) is 0 Å². The maximum Gasteiger partial charge on any atom is 0.236 e. The van der Waals surface area contributed by atoms with E-state index in [4.69, 9.17) is 23.2 Å². The average Bonchev–Trinajstić information content (AvgIpc) is 2.56. The third kappa shape index (κ3) is 5.23. The number of hydrogen-bond donors (Lipinski definition) is 0. The fourth-order valence-corrected chi connectivity index (χ4v) is 3.18. The number of para-hydroxylation sites is 1. The zero-order valence-corrected chi connectivity index (χ0v) is 14.6. The molecule has 0 aliphatic carbocycles. The van der Waals surface area contributed by atoms with Gasteiger partial charge in [0, 0.05) is 51.0 Å². The quantitative estimate of drug-likeness (QED) is 0.697. The molecule has 0 bridgehead atoms. The Kier molecular flexibility index (Phi) is 7.40. The molecule has 0 unspecified atom stereocenters. The number of nitrogens with zero attached hydrogens (tertiary/aromatic N) is 3. The Morgan fingerprint density at radius 1 is 1.09 bits per heavy atom. The number of hydrogen-bond acceptors (Lipinski definition) is 3. The van der Waals surface area contributed by atoms with E-state index >= 15 is 0 Å². The van der Waals surface area contributed by atoms with Gasteiger partial charge < -0.3 is 9.80 Å². The number of carbonyl (C=O) groups is 1. The minimum absolute atomic E-state index is 0.0772. The number of alkyl halides is 2. The number of benzene rings is 1. The molecule has 7 heteroatoms. The molecule has 1 aromatic rings. The van der Waals surface area contributed by atoms with Crippen molar-refractivity contribution in [2.24, 2.45) is 0 Å². The van der Waals surface area contributed by atoms with Gasteiger partial charge in [-0.3, -0.25) is 9.69 Å². The van der Waals surface area contributed by atoms with E-state index < -0.39 is 0 Å². The molecule has 0 N–H and O–H groups in total. The van der Waals surface area contributed by atoms with Crippen LogP contribution in [0.25, 0.3) is 0 Å². The second kappa shape index (κ2) is 9.30. The highest BCUT2D eigenvalue weighted by Gasteiger charge is 2.23. The highest BCUT2D eigenvalue weighted by atomic mass is 35.5. The molecule has 0 aromatic heterocycles. The highest BCUT2D eigenvalue weighted by Crippen LogP contribution is 2.20. The molecule has 1 saturated heterocycles. The Hall–Kier alpha value is -1.04. The molecular formula is C16H22Cl2FN3O. The van der Waals surface area contributed by atoms with E-state index in [0.717, 1.165) is 0 Å². The zero-order valence-electron chi connectivity index (χ0n) is 13.1. The van der Waals surface area contributed by atoms with Crippen molar-refractivity contribution in [2.75, 3.05) is 62.5 Å². The van der Waals surface area contributed by atoms with E-state index in [-0.39, 0.29) is 11.7 Å². The molecule has 1 aliphatic heterocycles. The van der Waals surface area contributed by atoms with Crippen LogP contribution in [0, 0.1) is 5.82 Å². The molecule has 23 heavy (non-hydrogen) atoms.